The summed E-state index contributed by atoms with van der Waals surface area (Å²) in [6.07, 6.45) is 1.07. The molecule has 0 spiro atoms. The van der Waals surface area contributed by atoms with E-state index in [9.17, 15) is 0 Å². The van der Waals surface area contributed by atoms with Gasteiger partial charge in [-0.3, -0.25) is 0 Å². The fourth-order valence-electron chi connectivity index (χ4n) is 3.96. The maximum Gasteiger partial charge on any atom is 0.0551 e. The Labute approximate surface area is 288 Å². The van der Waals surface area contributed by atoms with E-state index >= 15 is 0 Å². The Kier molecular flexibility index (Phi) is 20.2. The Hall–Kier alpha value is 2.22. The van der Waals surface area contributed by atoms with Crippen LogP contribution in [0.15, 0.2) is 42.5 Å². The van der Waals surface area contributed by atoms with Gasteiger partial charge in [0.05, 0.1) is 11.4 Å². The molecule has 0 aromatic heterocycles. The summed E-state index contributed by atoms with van der Waals surface area (Å²) in [5.41, 5.74) is 17.6. The molecule has 2 aromatic carbocycles. The summed E-state index contributed by atoms with van der Waals surface area (Å²) in [6.45, 7) is 6.89. The van der Waals surface area contributed by atoms with Crippen molar-refractivity contribution in [3.63, 3.8) is 0 Å². The van der Waals surface area contributed by atoms with E-state index in [0.29, 0.717) is 11.4 Å². The Bertz CT molecular complexity index is 1870. The molecule has 21 heteroatoms. The Morgan fingerprint density at radius 2 is 0.923 bits per heavy atom. The van der Waals surface area contributed by atoms with Crippen molar-refractivity contribution in [2.45, 2.75) is 38.0 Å². The molecule has 0 radical (unpaired) electrons. The van der Waals surface area contributed by atoms with Crippen LogP contribution in [0.4, 0.5) is 11.4 Å². The number of fused-ring (bicyclic) bond motifs is 1. The van der Waals surface area contributed by atoms with Gasteiger partial charge in [-0.25, -0.2) is 0 Å². The zero-order chi connectivity index (χ0) is 28.6. The summed E-state index contributed by atoms with van der Waals surface area (Å²) in [4.78, 5) is 0. The third kappa shape index (κ3) is 13.4. The van der Waals surface area contributed by atoms with Crippen LogP contribution < -0.4 is 11.5 Å². The third-order valence-electron chi connectivity index (χ3n) is 5.20. The lowest BCUT2D eigenvalue weighted by molar-refractivity contribution is 0.425. The molecule has 2 aromatic rings. The average Bonchev–Trinajstić information content (AvgIpc) is 3.12. The van der Waals surface area contributed by atoms with Crippen molar-refractivity contribution >= 4 is 185 Å². The van der Waals surface area contributed by atoms with Crippen LogP contribution in [0.1, 0.15) is 43.9 Å². The second kappa shape index (κ2) is 21.0. The minimum Gasteiger partial charge on any atom is -0.397 e. The van der Waals surface area contributed by atoms with Crippen LogP contribution in [-0.2, 0) is 184 Å². The molecule has 0 amide bonds. The van der Waals surface area contributed by atoms with Gasteiger partial charge in [-0.1, -0.05) is 51.1 Å². The highest BCUT2D eigenvalue weighted by atomic mass is 33.5. The van der Waals surface area contributed by atoms with Crippen molar-refractivity contribution in [1.82, 2.24) is 0 Å². The molecule has 0 saturated heterocycles. The van der Waals surface area contributed by atoms with E-state index in [1.54, 1.807) is 133 Å². The number of nitrogens with two attached hydrogens (primary N) is 2. The lowest BCUT2D eigenvalue weighted by Gasteiger charge is -2.28. The Morgan fingerprint density at radius 1 is 0.564 bits per heavy atom. The van der Waals surface area contributed by atoms with E-state index in [4.69, 9.17) is 33.8 Å². The monoisotopic (exact) mass is 874 g/mol. The largest absolute Gasteiger partial charge is 0.397 e. The van der Waals surface area contributed by atoms with Crippen molar-refractivity contribution in [2.75, 3.05) is 11.5 Å². The van der Waals surface area contributed by atoms with Crippen LogP contribution in [0, 0.1) is 0 Å². The van der Waals surface area contributed by atoms with Gasteiger partial charge >= 0.3 is 0 Å². The molecule has 2 nitrogen and oxygen atoms in total. The summed E-state index contributed by atoms with van der Waals surface area (Å²) in [7, 11) is 29.0. The molecule has 1 atom stereocenters. The maximum atomic E-state index is 6.06. The molecule has 1 unspecified atom stereocenters. The van der Waals surface area contributed by atoms with E-state index < -0.39 is 0 Å². The lowest BCUT2D eigenvalue weighted by Crippen LogP contribution is -2.23. The molecule has 1 aliphatic rings. The molecule has 0 aliphatic heterocycles. The zero-order valence-electron chi connectivity index (χ0n) is 20.2. The van der Waals surface area contributed by atoms with E-state index in [1.165, 1.54) is 34.5 Å². The van der Waals surface area contributed by atoms with E-state index in [-0.39, 0.29) is 10.8 Å². The van der Waals surface area contributed by atoms with Crippen LogP contribution in [0.2, 0.25) is 0 Å². The highest BCUT2D eigenvalue weighted by Crippen LogP contribution is 2.53. The van der Waals surface area contributed by atoms with Crippen molar-refractivity contribution in [1.29, 1.82) is 0 Å². The lowest BCUT2D eigenvalue weighted by atomic mass is 9.75. The van der Waals surface area contributed by atoms with Gasteiger partial charge in [-0.2, -0.15) is 0 Å². The van der Waals surface area contributed by atoms with Crippen LogP contribution >= 0.6 is 0 Å². The van der Waals surface area contributed by atoms with Gasteiger partial charge in [0.15, 0.2) is 0 Å². The first-order valence-corrected chi connectivity index (χ1v) is 34.1. The molecule has 39 heavy (non-hydrogen) atoms. The van der Waals surface area contributed by atoms with Gasteiger partial charge in [-0.15, -0.1) is 0 Å². The van der Waals surface area contributed by atoms with Crippen LogP contribution in [0.25, 0.3) is 0 Å². The fourth-order valence-corrected chi connectivity index (χ4v) is 45.1. The molecular weight excluding hydrogens is 853 g/mol. The SMILES string of the molecule is CC1(C)CC(C)(c2ccccc2)c2cc(N)c(N)cc21.S=S=S=S=S=S=S=S=S=S=S=S=S=S=S=S=S=S=S. The summed E-state index contributed by atoms with van der Waals surface area (Å²) in [5.74, 6) is 0. The first kappa shape index (κ1) is 37.4. The highest BCUT2D eigenvalue weighted by Gasteiger charge is 2.45. The standard InChI is InChI=1S/C18H22N2.S19/c1-17(2)11-18(3,12-7-5-4-6-8-12)14-10-16(20)15(19)9-13(14)17;1-3-5-7-9-11-13-15-17-19-18-16-14-12-10-8-6-4-2/h4-10H,11,19-20H2,1-3H3;. The molecule has 4 N–H and O–H groups in total. The minimum atomic E-state index is 0.00190. The van der Waals surface area contributed by atoms with Crippen molar-refractivity contribution in [3.05, 3.63) is 59.2 Å². The van der Waals surface area contributed by atoms with E-state index in [0.717, 1.165) is 6.42 Å². The fraction of sp³-hybridized carbons (Fsp3) is 0.333. The van der Waals surface area contributed by atoms with Gasteiger partial charge < -0.3 is 11.5 Å². The van der Waals surface area contributed by atoms with Crippen molar-refractivity contribution in [3.8, 4) is 0 Å². The average molecular weight is 876 g/mol. The predicted molar refractivity (Wildman–Crippen MR) is 226 cm³/mol. The molecule has 0 saturated carbocycles. The van der Waals surface area contributed by atoms with Gasteiger partial charge in [-0.05, 0) is 40.7 Å². The Morgan fingerprint density at radius 3 is 1.31 bits per heavy atom. The maximum absolute atomic E-state index is 6.06. The van der Waals surface area contributed by atoms with Crippen LogP contribution in [0.5, 0.6) is 0 Å². The quantitative estimate of drug-likeness (QED) is 0.429. The summed E-state index contributed by atoms with van der Waals surface area (Å²) < 4.78 is 0. The first-order chi connectivity index (χ1) is 18.8. The van der Waals surface area contributed by atoms with E-state index in [1.807, 2.05) is 0 Å². The predicted octanol–water partition coefficient (Wildman–Crippen LogP) is 3.79. The zero-order valence-corrected chi connectivity index (χ0v) is 35.7. The molecular formula is C18H22N2S19. The molecule has 0 heterocycles. The second-order valence-electron chi connectivity index (χ2n) is 7.94. The van der Waals surface area contributed by atoms with E-state index in [2.05, 4.69) is 63.2 Å². The molecule has 0 fully saturated rings. The number of hydrogen-bond acceptors (Lipinski definition) is 4. The summed E-state index contributed by atoms with van der Waals surface area (Å²) in [6, 6.07) is 14.8. The number of nitrogen functional groups attached to an aromatic ring is 2. The number of rotatable bonds is 1. The Balaban J connectivity index is 0.000000274. The second-order valence-corrected chi connectivity index (χ2v) is 38.0. The molecule has 3 rings (SSSR count). The first-order valence-electron chi connectivity index (χ1n) is 10.1. The van der Waals surface area contributed by atoms with Gasteiger partial charge in [0, 0.05) is 179 Å². The highest BCUT2D eigenvalue weighted by molar-refractivity contribution is 8.78. The molecule has 1 aliphatic carbocycles. The summed E-state index contributed by atoms with van der Waals surface area (Å²) >= 11 is 9.50. The minimum absolute atomic E-state index is 0.00190. The van der Waals surface area contributed by atoms with Crippen LogP contribution in [-0.4, -0.2) is 0 Å². The van der Waals surface area contributed by atoms with Gasteiger partial charge in [0.1, 0.15) is 0 Å². The normalized spacial score (nSPS) is 15.7. The summed E-state index contributed by atoms with van der Waals surface area (Å²) in [5, 5.41) is 0. The van der Waals surface area contributed by atoms with Crippen molar-refractivity contribution in [2.24, 2.45) is 0 Å². The number of anilines is 2. The number of benzene rings is 2. The topological polar surface area (TPSA) is 52.0 Å². The molecule has 218 valence electrons. The third-order valence-corrected chi connectivity index (χ3v) is 40.8. The van der Waals surface area contributed by atoms with Crippen molar-refractivity contribution < 1.29 is 0 Å². The van der Waals surface area contributed by atoms with Gasteiger partial charge in [0.25, 0.3) is 0 Å². The molecule has 0 bridgehead atoms. The van der Waals surface area contributed by atoms with Crippen LogP contribution in [0.3, 0.4) is 0 Å². The number of hydrogen-bond donors (Lipinski definition) is 2. The smallest absolute Gasteiger partial charge is 0.0551 e. The van der Waals surface area contributed by atoms with Gasteiger partial charge in [0.2, 0.25) is 0 Å².